The van der Waals surface area contributed by atoms with Gasteiger partial charge >= 0.3 is 0 Å². The Hall–Kier alpha value is -2.40. The highest BCUT2D eigenvalue weighted by Crippen LogP contribution is 2.33. The molecule has 0 saturated heterocycles. The van der Waals surface area contributed by atoms with E-state index in [9.17, 15) is 5.11 Å². The Bertz CT molecular complexity index is 826. The van der Waals surface area contributed by atoms with Gasteiger partial charge in [-0.2, -0.15) is 0 Å². The van der Waals surface area contributed by atoms with Gasteiger partial charge < -0.3 is 9.84 Å². The number of hydrogen-bond acceptors (Lipinski definition) is 4. The summed E-state index contributed by atoms with van der Waals surface area (Å²) in [6.45, 7) is 1.17. The highest BCUT2D eigenvalue weighted by atomic mass is 16.5. The van der Waals surface area contributed by atoms with Crippen LogP contribution in [0.1, 0.15) is 18.5 Å². The Balaban J connectivity index is 1.30. The molecule has 1 aromatic heterocycles. The normalized spacial score (nSPS) is 15.5. The van der Waals surface area contributed by atoms with Gasteiger partial charge in [-0.15, -0.1) is 5.10 Å². The van der Waals surface area contributed by atoms with Gasteiger partial charge in [0, 0.05) is 12.6 Å². The highest BCUT2D eigenvalue weighted by Gasteiger charge is 2.30. The molecule has 3 aromatic rings. The minimum atomic E-state index is -0.274. The van der Waals surface area contributed by atoms with Crippen molar-refractivity contribution in [2.45, 2.75) is 31.9 Å². The summed E-state index contributed by atoms with van der Waals surface area (Å²) in [7, 11) is 0. The third kappa shape index (κ3) is 3.57. The van der Waals surface area contributed by atoms with Crippen molar-refractivity contribution >= 4 is 10.8 Å². The molecule has 1 aliphatic carbocycles. The number of benzene rings is 2. The molecule has 2 aromatic carbocycles. The van der Waals surface area contributed by atoms with Crippen molar-refractivity contribution in [2.24, 2.45) is 5.92 Å². The fourth-order valence-corrected chi connectivity index (χ4v) is 2.92. The Kier molecular flexibility index (Phi) is 4.17. The largest absolute Gasteiger partial charge is 0.492 e. The minimum Gasteiger partial charge on any atom is -0.492 e. The van der Waals surface area contributed by atoms with Gasteiger partial charge in [0.1, 0.15) is 12.4 Å². The molecule has 1 unspecified atom stereocenters. The third-order valence-corrected chi connectivity index (χ3v) is 4.48. The molecule has 4 rings (SSSR count). The molecule has 1 N–H and O–H groups in total. The van der Waals surface area contributed by atoms with Crippen LogP contribution in [-0.2, 0) is 13.0 Å². The number of aliphatic hydroxyl groups is 1. The zero-order valence-corrected chi connectivity index (χ0v) is 13.5. The highest BCUT2D eigenvalue weighted by molar-refractivity contribution is 5.83. The average molecular weight is 323 g/mol. The zero-order chi connectivity index (χ0) is 16.4. The Labute approximate surface area is 140 Å². The first kappa shape index (κ1) is 15.1. The van der Waals surface area contributed by atoms with Crippen LogP contribution in [0.25, 0.3) is 10.8 Å². The van der Waals surface area contributed by atoms with Crippen molar-refractivity contribution in [1.29, 1.82) is 0 Å². The van der Waals surface area contributed by atoms with E-state index >= 15 is 0 Å². The maximum absolute atomic E-state index is 9.96. The maximum atomic E-state index is 9.96. The van der Waals surface area contributed by atoms with Crippen LogP contribution in [0.3, 0.4) is 0 Å². The van der Waals surface area contributed by atoms with E-state index in [0.29, 0.717) is 25.5 Å². The van der Waals surface area contributed by atoms with Crippen molar-refractivity contribution in [2.75, 3.05) is 6.61 Å². The second kappa shape index (κ2) is 6.61. The number of aliphatic hydroxyl groups excluding tert-OH is 1. The van der Waals surface area contributed by atoms with E-state index in [4.69, 9.17) is 4.74 Å². The molecule has 124 valence electrons. The lowest BCUT2D eigenvalue weighted by Gasteiger charge is -2.07. The quantitative estimate of drug-likeness (QED) is 0.726. The Morgan fingerprint density at radius 3 is 2.83 bits per heavy atom. The molecule has 24 heavy (non-hydrogen) atoms. The first-order valence-corrected chi connectivity index (χ1v) is 8.46. The van der Waals surface area contributed by atoms with Crippen LogP contribution < -0.4 is 4.74 Å². The molecule has 0 amide bonds. The van der Waals surface area contributed by atoms with E-state index < -0.39 is 0 Å². The number of nitrogens with zero attached hydrogens (tertiary/aromatic N) is 3. The first-order valence-electron chi connectivity index (χ1n) is 8.46. The number of hydrogen-bond donors (Lipinski definition) is 1. The number of rotatable bonds is 7. The molecule has 5 nitrogen and oxygen atoms in total. The monoisotopic (exact) mass is 323 g/mol. The van der Waals surface area contributed by atoms with Crippen molar-refractivity contribution < 1.29 is 9.84 Å². The van der Waals surface area contributed by atoms with Crippen molar-refractivity contribution in [3.63, 3.8) is 0 Å². The van der Waals surface area contributed by atoms with Gasteiger partial charge in [0.05, 0.1) is 18.3 Å². The second-order valence-electron chi connectivity index (χ2n) is 6.44. The van der Waals surface area contributed by atoms with E-state index in [1.165, 1.54) is 10.8 Å². The fraction of sp³-hybridized carbons (Fsp3) is 0.368. The van der Waals surface area contributed by atoms with Crippen LogP contribution in [0.15, 0.2) is 48.7 Å². The van der Waals surface area contributed by atoms with Gasteiger partial charge in [0.2, 0.25) is 0 Å². The van der Waals surface area contributed by atoms with Gasteiger partial charge in [-0.05, 0) is 41.7 Å². The molecule has 0 radical (unpaired) electrons. The Morgan fingerprint density at radius 1 is 1.17 bits per heavy atom. The smallest absolute Gasteiger partial charge is 0.120 e. The molecule has 5 heteroatoms. The van der Waals surface area contributed by atoms with E-state index in [-0.39, 0.29) is 6.10 Å². The summed E-state index contributed by atoms with van der Waals surface area (Å²) in [5, 5.41) is 20.6. The summed E-state index contributed by atoms with van der Waals surface area (Å²) >= 11 is 0. The molecule has 0 bridgehead atoms. The first-order chi connectivity index (χ1) is 11.8. The van der Waals surface area contributed by atoms with Crippen LogP contribution in [0.2, 0.25) is 0 Å². The van der Waals surface area contributed by atoms with Gasteiger partial charge in [-0.25, -0.2) is 4.68 Å². The Morgan fingerprint density at radius 2 is 2.00 bits per heavy atom. The lowest BCUT2D eigenvalue weighted by Crippen LogP contribution is -2.13. The van der Waals surface area contributed by atoms with E-state index in [2.05, 4.69) is 28.5 Å². The van der Waals surface area contributed by atoms with Crippen LogP contribution in [0, 0.1) is 5.92 Å². The van der Waals surface area contributed by atoms with Crippen LogP contribution in [-0.4, -0.2) is 32.8 Å². The van der Waals surface area contributed by atoms with E-state index in [0.717, 1.165) is 24.3 Å². The van der Waals surface area contributed by atoms with Crippen molar-refractivity contribution in [3.8, 4) is 5.75 Å². The molecule has 1 saturated carbocycles. The molecule has 1 fully saturated rings. The predicted molar refractivity (Wildman–Crippen MR) is 91.9 cm³/mol. The van der Waals surface area contributed by atoms with Crippen LogP contribution >= 0.6 is 0 Å². The summed E-state index contributed by atoms with van der Waals surface area (Å²) in [4.78, 5) is 0. The third-order valence-electron chi connectivity index (χ3n) is 4.48. The summed E-state index contributed by atoms with van der Waals surface area (Å²) < 4.78 is 7.59. The number of ether oxygens (including phenoxy) is 1. The molecule has 1 heterocycles. The summed E-state index contributed by atoms with van der Waals surface area (Å²) in [6, 6.07) is 14.3. The van der Waals surface area contributed by atoms with E-state index in [1.807, 2.05) is 30.5 Å². The molecule has 1 aliphatic rings. The van der Waals surface area contributed by atoms with Crippen LogP contribution in [0.5, 0.6) is 5.75 Å². The van der Waals surface area contributed by atoms with Crippen molar-refractivity contribution in [3.05, 3.63) is 54.4 Å². The number of aromatic nitrogens is 3. The minimum absolute atomic E-state index is 0.274. The predicted octanol–water partition coefficient (Wildman–Crippen LogP) is 2.82. The average Bonchev–Trinajstić information content (AvgIpc) is 3.37. The second-order valence-corrected chi connectivity index (χ2v) is 6.44. The fourth-order valence-electron chi connectivity index (χ4n) is 2.92. The van der Waals surface area contributed by atoms with Crippen LogP contribution in [0.4, 0.5) is 0 Å². The molecular weight excluding hydrogens is 302 g/mol. The summed E-state index contributed by atoms with van der Waals surface area (Å²) in [5.74, 6) is 1.32. The molecule has 0 spiro atoms. The van der Waals surface area contributed by atoms with Gasteiger partial charge in [0.15, 0.2) is 0 Å². The molecule has 0 aliphatic heterocycles. The maximum Gasteiger partial charge on any atom is 0.120 e. The van der Waals surface area contributed by atoms with Crippen molar-refractivity contribution in [1.82, 2.24) is 15.0 Å². The molecular formula is C19H21N3O2. The number of fused-ring (bicyclic) bond motifs is 1. The zero-order valence-electron chi connectivity index (χ0n) is 13.5. The topological polar surface area (TPSA) is 60.2 Å². The lowest BCUT2D eigenvalue weighted by molar-refractivity contribution is 0.150. The summed E-state index contributed by atoms with van der Waals surface area (Å²) in [5.41, 5.74) is 0.847. The van der Waals surface area contributed by atoms with Gasteiger partial charge in [-0.3, -0.25) is 0 Å². The van der Waals surface area contributed by atoms with Gasteiger partial charge in [-0.1, -0.05) is 35.5 Å². The summed E-state index contributed by atoms with van der Waals surface area (Å²) in [6.07, 6.45) is 4.49. The SMILES string of the molecule is OC(Cc1cn(CCOc2ccc3ccccc3c2)nn1)C1CC1. The van der Waals surface area contributed by atoms with E-state index in [1.54, 1.807) is 4.68 Å². The molecule has 1 atom stereocenters. The van der Waals surface area contributed by atoms with Gasteiger partial charge in [0.25, 0.3) is 0 Å². The lowest BCUT2D eigenvalue weighted by atomic mass is 10.1. The standard InChI is InChI=1S/C19H21N3O2/c23-19(15-5-6-15)12-17-13-22(21-20-17)9-10-24-18-8-7-14-3-1-2-4-16(14)11-18/h1-4,7-8,11,13,15,19,23H,5-6,9-10,12H2.